The van der Waals surface area contributed by atoms with Crippen molar-refractivity contribution in [2.45, 2.75) is 46.6 Å². The molecule has 3 rings (SSSR count). The number of ether oxygens (including phenoxy) is 1. The zero-order valence-electron chi connectivity index (χ0n) is 19.6. The Morgan fingerprint density at radius 3 is 2.24 bits per heavy atom. The van der Waals surface area contributed by atoms with E-state index in [4.69, 9.17) is 14.8 Å². The van der Waals surface area contributed by atoms with Gasteiger partial charge in [-0.25, -0.2) is 0 Å². The highest BCUT2D eigenvalue weighted by molar-refractivity contribution is 7.56. The number of nitrogens with two attached hydrogens (primary N) is 1. The minimum atomic E-state index is -3.40. The summed E-state index contributed by atoms with van der Waals surface area (Å²) in [5.41, 5.74) is 12.6. The summed E-state index contributed by atoms with van der Waals surface area (Å²) in [5.74, 6) is 0.817. The van der Waals surface area contributed by atoms with Gasteiger partial charge in [0.15, 0.2) is 6.35 Å². The average molecular weight is 467 g/mol. The summed E-state index contributed by atoms with van der Waals surface area (Å²) in [6.45, 7) is 8.32. The van der Waals surface area contributed by atoms with E-state index >= 15 is 0 Å². The van der Waals surface area contributed by atoms with Crippen LogP contribution in [0.15, 0.2) is 65.8 Å². The van der Waals surface area contributed by atoms with Gasteiger partial charge in [-0.3, -0.25) is 10.1 Å². The second kappa shape index (κ2) is 10.9. The van der Waals surface area contributed by atoms with Crippen LogP contribution in [0.4, 0.5) is 5.69 Å². The fourth-order valence-corrected chi connectivity index (χ4v) is 4.51. The van der Waals surface area contributed by atoms with Crippen LogP contribution in [0.25, 0.3) is 0 Å². The minimum absolute atomic E-state index is 0.172. The van der Waals surface area contributed by atoms with Gasteiger partial charge in [-0.15, -0.1) is 4.91 Å². The fourth-order valence-electron chi connectivity index (χ4n) is 3.74. The van der Waals surface area contributed by atoms with Crippen molar-refractivity contribution < 1.29 is 13.8 Å². The normalized spacial score (nSPS) is 13.0. The van der Waals surface area contributed by atoms with E-state index in [2.05, 4.69) is 25.1 Å². The molecule has 6 nitrogen and oxygen atoms in total. The summed E-state index contributed by atoms with van der Waals surface area (Å²) in [4.78, 5) is 11.1. The van der Waals surface area contributed by atoms with E-state index in [0.717, 1.165) is 34.2 Å². The largest absolute Gasteiger partial charge is 0.482 e. The van der Waals surface area contributed by atoms with Gasteiger partial charge in [0, 0.05) is 0 Å². The van der Waals surface area contributed by atoms with Crippen LogP contribution in [-0.4, -0.2) is 6.35 Å². The standard InChI is InChI=1S/C26H31N2O4P/c1-18(2)24-14-22(10-11-26(24)28-29)15-25-19(3)12-23(13-20(25)4)31-17-33(27,30)32-16-21-8-6-5-7-9-21/h5-14,18H,15-17H2,1-4H3,(H2,27,30). The molecule has 0 saturated heterocycles. The Morgan fingerprint density at radius 1 is 0.970 bits per heavy atom. The lowest BCUT2D eigenvalue weighted by molar-refractivity contribution is 0.273. The molecule has 0 fully saturated rings. The van der Waals surface area contributed by atoms with E-state index in [1.54, 1.807) is 6.07 Å². The third-order valence-electron chi connectivity index (χ3n) is 5.57. The van der Waals surface area contributed by atoms with Crippen molar-refractivity contribution in [3.8, 4) is 5.75 Å². The average Bonchev–Trinajstić information content (AvgIpc) is 2.79. The fraction of sp³-hybridized carbons (Fsp3) is 0.308. The third-order valence-corrected chi connectivity index (χ3v) is 6.62. The molecular weight excluding hydrogens is 435 g/mol. The lowest BCUT2D eigenvalue weighted by atomic mass is 9.92. The molecule has 33 heavy (non-hydrogen) atoms. The Bertz CT molecular complexity index is 1140. The lowest BCUT2D eigenvalue weighted by Crippen LogP contribution is -2.10. The predicted octanol–water partition coefficient (Wildman–Crippen LogP) is 7.12. The first-order valence-electron chi connectivity index (χ1n) is 10.9. The van der Waals surface area contributed by atoms with Crippen LogP contribution in [0.5, 0.6) is 5.75 Å². The smallest absolute Gasteiger partial charge is 0.304 e. The molecule has 3 aromatic carbocycles. The van der Waals surface area contributed by atoms with Gasteiger partial charge in [0.1, 0.15) is 11.4 Å². The number of nitrogens with zero attached hydrogens (tertiary/aromatic N) is 1. The van der Waals surface area contributed by atoms with Crippen molar-refractivity contribution >= 4 is 13.2 Å². The van der Waals surface area contributed by atoms with Crippen LogP contribution >= 0.6 is 7.52 Å². The first-order chi connectivity index (χ1) is 15.7. The maximum absolute atomic E-state index is 12.6. The molecule has 0 aromatic heterocycles. The molecule has 1 atom stereocenters. The van der Waals surface area contributed by atoms with Crippen LogP contribution in [0.2, 0.25) is 0 Å². The summed E-state index contributed by atoms with van der Waals surface area (Å²) < 4.78 is 23.8. The topological polar surface area (TPSA) is 91.0 Å². The molecule has 0 spiro atoms. The van der Waals surface area contributed by atoms with Gasteiger partial charge in [-0.05, 0) is 82.9 Å². The Hall–Kier alpha value is -2.79. The summed E-state index contributed by atoms with van der Waals surface area (Å²) >= 11 is 0. The van der Waals surface area contributed by atoms with E-state index < -0.39 is 7.52 Å². The van der Waals surface area contributed by atoms with E-state index in [1.165, 1.54) is 5.56 Å². The molecule has 7 heteroatoms. The summed E-state index contributed by atoms with van der Waals surface area (Å²) in [5, 5.41) is 3.15. The van der Waals surface area contributed by atoms with Crippen molar-refractivity contribution in [2.75, 3.05) is 6.35 Å². The molecule has 3 aromatic rings. The predicted molar refractivity (Wildman–Crippen MR) is 133 cm³/mol. The monoisotopic (exact) mass is 466 g/mol. The molecule has 2 N–H and O–H groups in total. The molecule has 0 radical (unpaired) electrons. The Morgan fingerprint density at radius 2 is 1.64 bits per heavy atom. The molecule has 0 aliphatic heterocycles. The van der Waals surface area contributed by atoms with Gasteiger partial charge in [-0.1, -0.05) is 56.3 Å². The molecule has 1 unspecified atom stereocenters. The van der Waals surface area contributed by atoms with Crippen LogP contribution < -0.4 is 10.2 Å². The zero-order chi connectivity index (χ0) is 24.0. The Kier molecular flexibility index (Phi) is 8.20. The van der Waals surface area contributed by atoms with E-state index in [1.807, 2.05) is 62.4 Å². The lowest BCUT2D eigenvalue weighted by Gasteiger charge is -2.17. The van der Waals surface area contributed by atoms with Gasteiger partial charge in [0.2, 0.25) is 0 Å². The number of aryl methyl sites for hydroxylation is 2. The van der Waals surface area contributed by atoms with Gasteiger partial charge >= 0.3 is 7.52 Å². The first kappa shape index (κ1) is 24.8. The zero-order valence-corrected chi connectivity index (χ0v) is 20.5. The summed E-state index contributed by atoms with van der Waals surface area (Å²) in [7, 11) is -3.40. The van der Waals surface area contributed by atoms with E-state index in [9.17, 15) is 9.47 Å². The van der Waals surface area contributed by atoms with Crippen molar-refractivity contribution in [3.05, 3.63) is 99.0 Å². The number of rotatable bonds is 10. The first-order valence-corrected chi connectivity index (χ1v) is 12.8. The molecule has 174 valence electrons. The van der Waals surface area contributed by atoms with Crippen molar-refractivity contribution in [1.82, 2.24) is 0 Å². The van der Waals surface area contributed by atoms with Crippen LogP contribution in [0.3, 0.4) is 0 Å². The van der Waals surface area contributed by atoms with Crippen molar-refractivity contribution in [2.24, 2.45) is 10.7 Å². The number of benzene rings is 3. The summed E-state index contributed by atoms with van der Waals surface area (Å²) in [6.07, 6.45) is 0.530. The highest BCUT2D eigenvalue weighted by Crippen LogP contribution is 2.39. The Labute approximate surface area is 195 Å². The minimum Gasteiger partial charge on any atom is -0.482 e. The second-order valence-electron chi connectivity index (χ2n) is 8.61. The molecule has 0 amide bonds. The maximum Gasteiger partial charge on any atom is 0.304 e. The van der Waals surface area contributed by atoms with Gasteiger partial charge < -0.3 is 9.26 Å². The van der Waals surface area contributed by atoms with Gasteiger partial charge in [0.05, 0.1) is 6.61 Å². The van der Waals surface area contributed by atoms with E-state index in [-0.39, 0.29) is 18.9 Å². The van der Waals surface area contributed by atoms with Crippen molar-refractivity contribution in [1.29, 1.82) is 0 Å². The van der Waals surface area contributed by atoms with E-state index in [0.29, 0.717) is 11.4 Å². The number of nitroso groups, excluding NO2 is 1. The highest BCUT2D eigenvalue weighted by atomic mass is 31.2. The Balaban J connectivity index is 1.68. The van der Waals surface area contributed by atoms with Crippen LogP contribution in [0.1, 0.15) is 53.1 Å². The maximum atomic E-state index is 12.6. The molecule has 0 saturated carbocycles. The summed E-state index contributed by atoms with van der Waals surface area (Å²) in [6, 6.07) is 19.1. The number of hydrogen-bond acceptors (Lipinski definition) is 5. The second-order valence-corrected chi connectivity index (χ2v) is 10.6. The van der Waals surface area contributed by atoms with Gasteiger partial charge in [-0.2, -0.15) is 0 Å². The molecular formula is C26H31N2O4P. The quantitative estimate of drug-likeness (QED) is 0.254. The molecule has 0 aliphatic rings. The van der Waals surface area contributed by atoms with Crippen LogP contribution in [0, 0.1) is 18.8 Å². The molecule has 0 aliphatic carbocycles. The molecule has 0 bridgehead atoms. The van der Waals surface area contributed by atoms with Gasteiger partial charge in [0.25, 0.3) is 0 Å². The molecule has 0 heterocycles. The number of hydrogen-bond donors (Lipinski definition) is 1. The van der Waals surface area contributed by atoms with Crippen LogP contribution in [-0.2, 0) is 22.1 Å². The third kappa shape index (κ3) is 6.84. The van der Waals surface area contributed by atoms with Crippen molar-refractivity contribution in [3.63, 3.8) is 0 Å². The SMILES string of the molecule is Cc1cc(OCP(N)(=O)OCc2ccccc2)cc(C)c1Cc1ccc(N=O)c(C(C)C)c1. The highest BCUT2D eigenvalue weighted by Gasteiger charge is 2.19.